The first-order valence-electron chi connectivity index (χ1n) is 8.12. The largest absolute Gasteiger partial charge is 0.381 e. The highest BCUT2D eigenvalue weighted by atomic mass is 19.1. The van der Waals surface area contributed by atoms with E-state index in [2.05, 4.69) is 35.2 Å². The third kappa shape index (κ3) is 2.85. The van der Waals surface area contributed by atoms with Gasteiger partial charge in [-0.2, -0.15) is 0 Å². The van der Waals surface area contributed by atoms with Crippen molar-refractivity contribution in [2.45, 2.75) is 31.5 Å². The Kier molecular flexibility index (Phi) is 3.80. The Morgan fingerprint density at radius 3 is 2.95 bits per heavy atom. The van der Waals surface area contributed by atoms with Crippen LogP contribution in [0.15, 0.2) is 30.3 Å². The van der Waals surface area contributed by atoms with Crippen LogP contribution in [0.25, 0.3) is 10.9 Å². The number of ether oxygens (including phenoxy) is 1. The maximum Gasteiger partial charge on any atom is 0.114 e. The Morgan fingerprint density at radius 2 is 2.18 bits per heavy atom. The molecule has 2 aromatic rings. The third-order valence-corrected chi connectivity index (χ3v) is 4.74. The maximum atomic E-state index is 13.3. The Morgan fingerprint density at radius 1 is 1.23 bits per heavy atom. The molecule has 2 aliphatic rings. The van der Waals surface area contributed by atoms with E-state index >= 15 is 0 Å². The van der Waals surface area contributed by atoms with Crippen molar-refractivity contribution in [3.8, 4) is 0 Å². The quantitative estimate of drug-likeness (QED) is 0.870. The van der Waals surface area contributed by atoms with Crippen LogP contribution in [0, 0.1) is 0 Å². The number of pyridine rings is 1. The SMILES string of the molecule is FC1CCN(Cc2ccc3nc(C4CCOC4)ccc3c2)C1. The van der Waals surface area contributed by atoms with Crippen molar-refractivity contribution in [1.82, 2.24) is 9.88 Å². The number of likely N-dealkylation sites (tertiary alicyclic amines) is 1. The van der Waals surface area contributed by atoms with Gasteiger partial charge in [0.1, 0.15) is 6.17 Å². The molecule has 2 aliphatic heterocycles. The molecule has 0 amide bonds. The number of hydrogen-bond donors (Lipinski definition) is 0. The van der Waals surface area contributed by atoms with Gasteiger partial charge in [-0.15, -0.1) is 0 Å². The highest BCUT2D eigenvalue weighted by molar-refractivity contribution is 5.79. The van der Waals surface area contributed by atoms with Crippen LogP contribution < -0.4 is 0 Å². The first-order valence-corrected chi connectivity index (χ1v) is 8.12. The molecular formula is C18H21FN2O. The summed E-state index contributed by atoms with van der Waals surface area (Å²) in [7, 11) is 0. The first kappa shape index (κ1) is 14.1. The summed E-state index contributed by atoms with van der Waals surface area (Å²) in [5.41, 5.74) is 3.41. The molecule has 1 aromatic carbocycles. The smallest absolute Gasteiger partial charge is 0.114 e. The first-order chi connectivity index (χ1) is 10.8. The average Bonchev–Trinajstić information content (AvgIpc) is 3.19. The normalized spacial score (nSPS) is 26.0. The molecule has 116 valence electrons. The van der Waals surface area contributed by atoms with E-state index < -0.39 is 6.17 Å². The number of hydrogen-bond acceptors (Lipinski definition) is 3. The minimum Gasteiger partial charge on any atom is -0.381 e. The Bertz CT molecular complexity index is 669. The summed E-state index contributed by atoms with van der Waals surface area (Å²) < 4.78 is 18.7. The number of fused-ring (bicyclic) bond motifs is 1. The van der Waals surface area contributed by atoms with Gasteiger partial charge in [0.2, 0.25) is 0 Å². The summed E-state index contributed by atoms with van der Waals surface area (Å²) >= 11 is 0. The lowest BCUT2D eigenvalue weighted by atomic mass is 10.0. The summed E-state index contributed by atoms with van der Waals surface area (Å²) in [6.45, 7) is 3.88. The summed E-state index contributed by atoms with van der Waals surface area (Å²) in [6, 6.07) is 10.7. The van der Waals surface area contributed by atoms with Gasteiger partial charge < -0.3 is 4.74 Å². The fraction of sp³-hybridized carbons (Fsp3) is 0.500. The molecule has 0 spiro atoms. The maximum absolute atomic E-state index is 13.3. The molecule has 0 saturated carbocycles. The highest BCUT2D eigenvalue weighted by Crippen LogP contribution is 2.26. The van der Waals surface area contributed by atoms with Gasteiger partial charge in [-0.25, -0.2) is 4.39 Å². The van der Waals surface area contributed by atoms with E-state index in [9.17, 15) is 4.39 Å². The average molecular weight is 300 g/mol. The zero-order chi connectivity index (χ0) is 14.9. The molecule has 1 aromatic heterocycles. The van der Waals surface area contributed by atoms with Crippen molar-refractivity contribution in [3.63, 3.8) is 0 Å². The van der Waals surface area contributed by atoms with E-state index in [1.54, 1.807) is 0 Å². The number of benzene rings is 1. The second-order valence-electron chi connectivity index (χ2n) is 6.44. The van der Waals surface area contributed by atoms with Gasteiger partial charge in [0.05, 0.1) is 12.1 Å². The van der Waals surface area contributed by atoms with Crippen molar-refractivity contribution in [3.05, 3.63) is 41.6 Å². The molecule has 22 heavy (non-hydrogen) atoms. The predicted octanol–water partition coefficient (Wildman–Crippen LogP) is 3.28. The fourth-order valence-corrected chi connectivity index (χ4v) is 3.47. The lowest BCUT2D eigenvalue weighted by molar-refractivity contribution is 0.193. The number of rotatable bonds is 3. The van der Waals surface area contributed by atoms with Crippen LogP contribution in [0.4, 0.5) is 4.39 Å². The molecule has 2 fully saturated rings. The molecule has 2 unspecified atom stereocenters. The second kappa shape index (κ2) is 5.94. The fourth-order valence-electron chi connectivity index (χ4n) is 3.47. The molecule has 2 atom stereocenters. The van der Waals surface area contributed by atoms with Crippen LogP contribution in [0.2, 0.25) is 0 Å². The van der Waals surface area contributed by atoms with Crippen molar-refractivity contribution in [2.24, 2.45) is 0 Å². The van der Waals surface area contributed by atoms with Crippen molar-refractivity contribution in [1.29, 1.82) is 0 Å². The molecular weight excluding hydrogens is 279 g/mol. The van der Waals surface area contributed by atoms with Gasteiger partial charge in [0.25, 0.3) is 0 Å². The van der Waals surface area contributed by atoms with Gasteiger partial charge in [0.15, 0.2) is 0 Å². The van der Waals surface area contributed by atoms with Gasteiger partial charge in [0, 0.05) is 43.2 Å². The van der Waals surface area contributed by atoms with Gasteiger partial charge in [-0.3, -0.25) is 9.88 Å². The van der Waals surface area contributed by atoms with E-state index in [1.165, 1.54) is 5.56 Å². The zero-order valence-corrected chi connectivity index (χ0v) is 12.7. The Labute approximate surface area is 130 Å². The van der Waals surface area contributed by atoms with E-state index in [0.29, 0.717) is 18.9 Å². The summed E-state index contributed by atoms with van der Waals surface area (Å²) in [6.07, 6.45) is 1.08. The second-order valence-corrected chi connectivity index (χ2v) is 6.44. The molecule has 0 aliphatic carbocycles. The Balaban J connectivity index is 1.54. The van der Waals surface area contributed by atoms with E-state index in [4.69, 9.17) is 9.72 Å². The molecule has 0 N–H and O–H groups in total. The number of halogens is 1. The summed E-state index contributed by atoms with van der Waals surface area (Å²) in [5, 5.41) is 1.16. The van der Waals surface area contributed by atoms with Crippen LogP contribution in [0.3, 0.4) is 0 Å². The molecule has 3 heterocycles. The topological polar surface area (TPSA) is 25.4 Å². The zero-order valence-electron chi connectivity index (χ0n) is 12.7. The van der Waals surface area contributed by atoms with Crippen LogP contribution in [-0.2, 0) is 11.3 Å². The van der Waals surface area contributed by atoms with E-state index in [1.807, 2.05) is 0 Å². The summed E-state index contributed by atoms with van der Waals surface area (Å²) in [4.78, 5) is 6.97. The third-order valence-electron chi connectivity index (χ3n) is 4.74. The van der Waals surface area contributed by atoms with Crippen molar-refractivity contribution >= 4 is 10.9 Å². The molecule has 0 radical (unpaired) electrons. The van der Waals surface area contributed by atoms with E-state index in [-0.39, 0.29) is 0 Å². The highest BCUT2D eigenvalue weighted by Gasteiger charge is 2.22. The van der Waals surface area contributed by atoms with Gasteiger partial charge in [-0.05, 0) is 36.6 Å². The molecule has 4 rings (SSSR count). The standard InChI is InChI=1S/C18H21FN2O/c19-16-5-7-21(11-16)10-13-1-3-17-14(9-13)2-4-18(20-17)15-6-8-22-12-15/h1-4,9,15-16H,5-8,10-12H2. The molecule has 4 heteroatoms. The molecule has 0 bridgehead atoms. The number of nitrogens with zero attached hydrogens (tertiary/aromatic N) is 2. The molecule has 2 saturated heterocycles. The van der Waals surface area contributed by atoms with Crippen LogP contribution in [0.5, 0.6) is 0 Å². The number of aromatic nitrogens is 1. The van der Waals surface area contributed by atoms with Crippen LogP contribution >= 0.6 is 0 Å². The van der Waals surface area contributed by atoms with Gasteiger partial charge in [-0.1, -0.05) is 12.1 Å². The number of alkyl halides is 1. The predicted molar refractivity (Wildman–Crippen MR) is 84.7 cm³/mol. The van der Waals surface area contributed by atoms with Crippen LogP contribution in [0.1, 0.15) is 30.0 Å². The lowest BCUT2D eigenvalue weighted by Gasteiger charge is -2.15. The van der Waals surface area contributed by atoms with E-state index in [0.717, 1.165) is 49.3 Å². The minimum absolute atomic E-state index is 0.440. The van der Waals surface area contributed by atoms with Crippen LogP contribution in [-0.4, -0.2) is 42.4 Å². The molecule has 3 nitrogen and oxygen atoms in total. The lowest BCUT2D eigenvalue weighted by Crippen LogP contribution is -2.20. The van der Waals surface area contributed by atoms with Crippen molar-refractivity contribution < 1.29 is 9.13 Å². The van der Waals surface area contributed by atoms with Crippen molar-refractivity contribution in [2.75, 3.05) is 26.3 Å². The Hall–Kier alpha value is -1.52. The monoisotopic (exact) mass is 300 g/mol. The van der Waals surface area contributed by atoms with Gasteiger partial charge >= 0.3 is 0 Å². The summed E-state index contributed by atoms with van der Waals surface area (Å²) in [5.74, 6) is 0.440. The minimum atomic E-state index is -0.654.